The molecule has 1 heterocycles. The molecule has 0 bridgehead atoms. The summed E-state index contributed by atoms with van der Waals surface area (Å²) in [6.45, 7) is 9.33. The molecule has 1 saturated carbocycles. The van der Waals surface area contributed by atoms with Crippen LogP contribution in [-0.2, 0) is 0 Å². The standard InChI is InChI=1S/C15H25N3/c1-4-7-15-14(5-2)16-17-18(15)11-13-9-6-8-12(3)10-13/h4-5,7,12-15H,2,6,8-11H2,1,3H3/b7-4-/t12-,13+,14?,15?/m1/s1. The minimum Gasteiger partial charge on any atom is -0.269 e. The van der Waals surface area contributed by atoms with E-state index in [1.54, 1.807) is 0 Å². The summed E-state index contributed by atoms with van der Waals surface area (Å²) < 4.78 is 0. The highest BCUT2D eigenvalue weighted by molar-refractivity contribution is 5.07. The molecule has 0 spiro atoms. The van der Waals surface area contributed by atoms with Crippen LogP contribution in [0.3, 0.4) is 0 Å². The summed E-state index contributed by atoms with van der Waals surface area (Å²) >= 11 is 0. The van der Waals surface area contributed by atoms with Crippen LogP contribution in [0.25, 0.3) is 0 Å². The lowest BCUT2D eigenvalue weighted by Crippen LogP contribution is -2.36. The fourth-order valence-corrected chi connectivity index (χ4v) is 3.18. The topological polar surface area (TPSA) is 28.0 Å². The monoisotopic (exact) mass is 247 g/mol. The zero-order chi connectivity index (χ0) is 13.0. The summed E-state index contributed by atoms with van der Waals surface area (Å²) in [5.41, 5.74) is 0. The third-order valence-corrected chi connectivity index (χ3v) is 4.12. The predicted octanol–water partition coefficient (Wildman–Crippen LogP) is 3.99. The summed E-state index contributed by atoms with van der Waals surface area (Å²) in [5.74, 6) is 1.66. The van der Waals surface area contributed by atoms with Crippen molar-refractivity contribution in [1.82, 2.24) is 5.01 Å². The van der Waals surface area contributed by atoms with E-state index in [9.17, 15) is 0 Å². The van der Waals surface area contributed by atoms with Gasteiger partial charge in [0.15, 0.2) is 0 Å². The van der Waals surface area contributed by atoms with Gasteiger partial charge in [0.2, 0.25) is 0 Å². The van der Waals surface area contributed by atoms with E-state index < -0.39 is 0 Å². The normalized spacial score (nSPS) is 36.4. The fourth-order valence-electron chi connectivity index (χ4n) is 3.18. The molecule has 100 valence electrons. The van der Waals surface area contributed by atoms with Crippen molar-refractivity contribution in [3.05, 3.63) is 24.8 Å². The van der Waals surface area contributed by atoms with Gasteiger partial charge in [-0.15, -0.1) is 6.58 Å². The molecule has 4 atom stereocenters. The molecule has 3 nitrogen and oxygen atoms in total. The molecule has 0 aromatic heterocycles. The van der Waals surface area contributed by atoms with Crippen LogP contribution < -0.4 is 0 Å². The average molecular weight is 247 g/mol. The van der Waals surface area contributed by atoms with E-state index >= 15 is 0 Å². The highest BCUT2D eigenvalue weighted by Crippen LogP contribution is 2.31. The van der Waals surface area contributed by atoms with Crippen LogP contribution in [0.1, 0.15) is 39.5 Å². The Hall–Kier alpha value is -1.12. The second-order valence-corrected chi connectivity index (χ2v) is 5.71. The number of allylic oxidation sites excluding steroid dienone is 1. The lowest BCUT2D eigenvalue weighted by atomic mass is 9.82. The summed E-state index contributed by atoms with van der Waals surface area (Å²) in [6, 6.07) is 0.409. The van der Waals surface area contributed by atoms with Crippen molar-refractivity contribution >= 4 is 0 Å². The summed E-state index contributed by atoms with van der Waals surface area (Å²) in [4.78, 5) is 0. The van der Waals surface area contributed by atoms with Crippen LogP contribution >= 0.6 is 0 Å². The molecule has 0 aromatic rings. The molecule has 0 amide bonds. The van der Waals surface area contributed by atoms with Gasteiger partial charge in [-0.25, -0.2) is 0 Å². The van der Waals surface area contributed by atoms with Gasteiger partial charge in [-0.2, -0.15) is 5.11 Å². The Bertz CT molecular complexity index is 335. The van der Waals surface area contributed by atoms with Crippen molar-refractivity contribution in [1.29, 1.82) is 0 Å². The minimum atomic E-state index is 0.127. The lowest BCUT2D eigenvalue weighted by Gasteiger charge is -2.31. The SMILES string of the molecule is C=CC1N=NN(C[C@H]2CCC[C@@H](C)C2)C1/C=C\C. The molecule has 0 aromatic carbocycles. The van der Waals surface area contributed by atoms with Crippen LogP contribution in [-0.4, -0.2) is 23.6 Å². The summed E-state index contributed by atoms with van der Waals surface area (Å²) in [6.07, 6.45) is 11.6. The van der Waals surface area contributed by atoms with Gasteiger partial charge in [0.25, 0.3) is 0 Å². The molecule has 0 N–H and O–H groups in total. The lowest BCUT2D eigenvalue weighted by molar-refractivity contribution is 0.171. The number of rotatable bonds is 4. The number of hydrogen-bond donors (Lipinski definition) is 0. The number of hydrogen-bond acceptors (Lipinski definition) is 3. The van der Waals surface area contributed by atoms with E-state index in [1.165, 1.54) is 25.7 Å². The van der Waals surface area contributed by atoms with Crippen molar-refractivity contribution in [2.45, 2.75) is 51.6 Å². The number of nitrogens with zero attached hydrogens (tertiary/aromatic N) is 3. The van der Waals surface area contributed by atoms with Crippen LogP contribution in [0.2, 0.25) is 0 Å². The molecule has 18 heavy (non-hydrogen) atoms. The second-order valence-electron chi connectivity index (χ2n) is 5.71. The Kier molecular flexibility index (Phi) is 4.56. The molecular weight excluding hydrogens is 222 g/mol. The van der Waals surface area contributed by atoms with E-state index in [0.29, 0.717) is 0 Å². The maximum atomic E-state index is 4.34. The van der Waals surface area contributed by atoms with Crippen LogP contribution in [0.15, 0.2) is 35.1 Å². The maximum Gasteiger partial charge on any atom is 0.116 e. The molecule has 1 fully saturated rings. The molecule has 1 aliphatic carbocycles. The third kappa shape index (κ3) is 3.01. The Morgan fingerprint density at radius 2 is 2.22 bits per heavy atom. The highest BCUT2D eigenvalue weighted by Gasteiger charge is 2.31. The van der Waals surface area contributed by atoms with Gasteiger partial charge < -0.3 is 0 Å². The zero-order valence-electron chi connectivity index (χ0n) is 11.6. The van der Waals surface area contributed by atoms with Crippen molar-refractivity contribution in [2.75, 3.05) is 6.54 Å². The van der Waals surface area contributed by atoms with Crippen LogP contribution in [0.5, 0.6) is 0 Å². The average Bonchev–Trinajstić information content (AvgIpc) is 2.72. The third-order valence-electron chi connectivity index (χ3n) is 4.12. The molecule has 1 aliphatic heterocycles. The molecule has 0 radical (unpaired) electrons. The van der Waals surface area contributed by atoms with Gasteiger partial charge >= 0.3 is 0 Å². The Morgan fingerprint density at radius 1 is 1.39 bits per heavy atom. The largest absolute Gasteiger partial charge is 0.269 e. The molecule has 2 unspecified atom stereocenters. The first-order chi connectivity index (χ1) is 8.74. The van der Waals surface area contributed by atoms with Crippen LogP contribution in [0.4, 0.5) is 0 Å². The van der Waals surface area contributed by atoms with Gasteiger partial charge in [-0.05, 0) is 31.6 Å². The van der Waals surface area contributed by atoms with E-state index in [0.717, 1.165) is 18.4 Å². The van der Waals surface area contributed by atoms with E-state index in [2.05, 4.69) is 47.9 Å². The second kappa shape index (κ2) is 6.17. The first-order valence-electron chi connectivity index (χ1n) is 7.17. The maximum absolute atomic E-state index is 4.34. The van der Waals surface area contributed by atoms with Crippen molar-refractivity contribution in [3.63, 3.8) is 0 Å². The molecule has 2 aliphatic rings. The predicted molar refractivity (Wildman–Crippen MR) is 75.3 cm³/mol. The molecule has 3 heteroatoms. The first kappa shape index (κ1) is 13.3. The first-order valence-corrected chi connectivity index (χ1v) is 7.17. The molecule has 0 saturated heterocycles. The van der Waals surface area contributed by atoms with Crippen molar-refractivity contribution in [3.8, 4) is 0 Å². The minimum absolute atomic E-state index is 0.127. The van der Waals surface area contributed by atoms with Crippen LogP contribution in [0, 0.1) is 11.8 Å². The van der Waals surface area contributed by atoms with E-state index in [4.69, 9.17) is 0 Å². The van der Waals surface area contributed by atoms with Gasteiger partial charge in [-0.1, -0.05) is 43.2 Å². The van der Waals surface area contributed by atoms with Gasteiger partial charge in [-0.3, -0.25) is 5.01 Å². The molecule has 2 rings (SSSR count). The van der Waals surface area contributed by atoms with Crippen molar-refractivity contribution in [2.24, 2.45) is 22.2 Å². The molecular formula is C15H25N3. The Morgan fingerprint density at radius 3 is 2.89 bits per heavy atom. The van der Waals surface area contributed by atoms with E-state index in [-0.39, 0.29) is 12.1 Å². The Labute approximate surface area is 111 Å². The fraction of sp³-hybridized carbons (Fsp3) is 0.733. The van der Waals surface area contributed by atoms with Crippen molar-refractivity contribution < 1.29 is 0 Å². The summed E-state index contributed by atoms with van der Waals surface area (Å²) in [7, 11) is 0. The van der Waals surface area contributed by atoms with E-state index in [1.807, 2.05) is 6.08 Å². The Balaban J connectivity index is 1.95. The highest BCUT2D eigenvalue weighted by atomic mass is 15.6. The van der Waals surface area contributed by atoms with Gasteiger partial charge in [0.05, 0.1) is 6.04 Å². The quantitative estimate of drug-likeness (QED) is 0.690. The zero-order valence-corrected chi connectivity index (χ0v) is 11.6. The van der Waals surface area contributed by atoms with Gasteiger partial charge in [0.1, 0.15) is 6.04 Å². The van der Waals surface area contributed by atoms with Gasteiger partial charge in [0, 0.05) is 6.54 Å². The summed E-state index contributed by atoms with van der Waals surface area (Å²) in [5, 5.41) is 10.8. The smallest absolute Gasteiger partial charge is 0.116 e.